The summed E-state index contributed by atoms with van der Waals surface area (Å²) in [7, 11) is -3.34. The summed E-state index contributed by atoms with van der Waals surface area (Å²) in [6.45, 7) is 3.80. The average Bonchev–Trinajstić information content (AvgIpc) is 3.45. The van der Waals surface area contributed by atoms with Gasteiger partial charge in [0.1, 0.15) is 5.75 Å². The second-order valence-corrected chi connectivity index (χ2v) is 8.48. The lowest BCUT2D eigenvalue weighted by molar-refractivity contribution is 0.0758. The fraction of sp³-hybridized carbons (Fsp3) is 0.333. The number of rotatable bonds is 7. The molecule has 138 valence electrons. The van der Waals surface area contributed by atoms with Crippen molar-refractivity contribution in [3.8, 4) is 11.5 Å². The molecule has 1 aromatic heterocycles. The number of aromatic nitrogens is 1. The van der Waals surface area contributed by atoms with Gasteiger partial charge in [0.25, 0.3) is 5.91 Å². The van der Waals surface area contributed by atoms with Crippen LogP contribution in [0.25, 0.3) is 0 Å². The molecular weight excluding hydrogens is 356 g/mol. The van der Waals surface area contributed by atoms with Gasteiger partial charge >= 0.3 is 0 Å². The van der Waals surface area contributed by atoms with Crippen molar-refractivity contribution in [1.82, 2.24) is 10.5 Å². The molecule has 0 saturated heterocycles. The number of ether oxygens (including phenoxy) is 1. The minimum atomic E-state index is -3.34. The van der Waals surface area contributed by atoms with Gasteiger partial charge in [0.2, 0.25) is 0 Å². The van der Waals surface area contributed by atoms with Crippen LogP contribution in [0.5, 0.6) is 11.5 Å². The lowest BCUT2D eigenvalue weighted by Crippen LogP contribution is -2.27. The summed E-state index contributed by atoms with van der Waals surface area (Å²) in [5.41, 5.74) is 2.68. The molecule has 2 aromatic rings. The smallest absolute Gasteiger partial charge is 0.284 e. The Morgan fingerprint density at radius 2 is 1.96 bits per heavy atom. The van der Waals surface area contributed by atoms with E-state index < -0.39 is 15.7 Å². The standard InChI is InChI=1S/C18H20N2O5S/c1-12(2)24-14-5-3-4-13(10-14)18(21)20-25-15-6-9-17(19-11-15)26(22,23)16-7-8-16/h3-6,9-12,16H,7-8H2,1-2H3,(H,20,21). The summed E-state index contributed by atoms with van der Waals surface area (Å²) in [5.74, 6) is 0.375. The molecule has 8 heteroatoms. The maximum atomic E-state index is 12.2. The SMILES string of the molecule is CC(C)Oc1cccc(C(=O)NOc2ccc(S(=O)(=O)C3CC3)nc2)c1. The highest BCUT2D eigenvalue weighted by Crippen LogP contribution is 2.32. The summed E-state index contributed by atoms with van der Waals surface area (Å²) in [5, 5.41) is -0.293. The number of pyridine rings is 1. The number of sulfone groups is 1. The van der Waals surface area contributed by atoms with Crippen molar-refractivity contribution >= 4 is 15.7 Å². The highest BCUT2D eigenvalue weighted by molar-refractivity contribution is 7.92. The molecule has 0 spiro atoms. The minimum Gasteiger partial charge on any atom is -0.491 e. The maximum absolute atomic E-state index is 12.2. The van der Waals surface area contributed by atoms with E-state index in [9.17, 15) is 13.2 Å². The molecule has 1 saturated carbocycles. The third-order valence-corrected chi connectivity index (χ3v) is 5.87. The van der Waals surface area contributed by atoms with Crippen LogP contribution < -0.4 is 15.1 Å². The van der Waals surface area contributed by atoms with Crippen LogP contribution in [0.1, 0.15) is 37.0 Å². The normalized spacial score (nSPS) is 14.1. The van der Waals surface area contributed by atoms with Gasteiger partial charge in [-0.2, -0.15) is 5.48 Å². The van der Waals surface area contributed by atoms with Gasteiger partial charge in [-0.25, -0.2) is 13.4 Å². The summed E-state index contributed by atoms with van der Waals surface area (Å²) >= 11 is 0. The quantitative estimate of drug-likeness (QED) is 0.746. The van der Waals surface area contributed by atoms with E-state index in [0.717, 1.165) is 0 Å². The molecule has 0 atom stereocenters. The van der Waals surface area contributed by atoms with Gasteiger partial charge in [0.05, 0.1) is 17.6 Å². The molecule has 1 heterocycles. The Bertz CT molecular complexity index is 890. The fourth-order valence-electron chi connectivity index (χ4n) is 2.29. The van der Waals surface area contributed by atoms with Crippen molar-refractivity contribution < 1.29 is 22.8 Å². The highest BCUT2D eigenvalue weighted by atomic mass is 32.2. The van der Waals surface area contributed by atoms with Gasteiger partial charge < -0.3 is 9.57 Å². The van der Waals surface area contributed by atoms with E-state index in [4.69, 9.17) is 9.57 Å². The molecule has 0 aliphatic heterocycles. The zero-order valence-electron chi connectivity index (χ0n) is 14.5. The highest BCUT2D eigenvalue weighted by Gasteiger charge is 2.37. The van der Waals surface area contributed by atoms with E-state index >= 15 is 0 Å². The average molecular weight is 376 g/mol. The molecule has 7 nitrogen and oxygen atoms in total. The Labute approximate surface area is 152 Å². The van der Waals surface area contributed by atoms with E-state index in [0.29, 0.717) is 24.2 Å². The van der Waals surface area contributed by atoms with Gasteiger partial charge in [-0.05, 0) is 57.0 Å². The Hall–Kier alpha value is -2.61. The van der Waals surface area contributed by atoms with Gasteiger partial charge in [0.15, 0.2) is 20.6 Å². The van der Waals surface area contributed by atoms with Crippen LogP contribution in [-0.4, -0.2) is 30.7 Å². The van der Waals surface area contributed by atoms with Crippen molar-refractivity contribution in [2.75, 3.05) is 0 Å². The number of carbonyl (C=O) groups excluding carboxylic acids is 1. The van der Waals surface area contributed by atoms with E-state index in [2.05, 4.69) is 10.5 Å². The van der Waals surface area contributed by atoms with Gasteiger partial charge in [-0.1, -0.05) is 6.07 Å². The minimum absolute atomic E-state index is 0.000989. The third kappa shape index (κ3) is 4.32. The van der Waals surface area contributed by atoms with Crippen molar-refractivity contribution in [3.63, 3.8) is 0 Å². The number of amides is 1. The van der Waals surface area contributed by atoms with E-state index in [-0.39, 0.29) is 22.1 Å². The van der Waals surface area contributed by atoms with Crippen molar-refractivity contribution in [2.24, 2.45) is 0 Å². The van der Waals surface area contributed by atoms with Crippen LogP contribution in [0, 0.1) is 0 Å². The zero-order valence-corrected chi connectivity index (χ0v) is 15.3. The number of carbonyl (C=O) groups is 1. The first-order valence-corrected chi connectivity index (χ1v) is 9.85. The molecule has 1 fully saturated rings. The van der Waals surface area contributed by atoms with Crippen LogP contribution in [0.4, 0.5) is 0 Å². The molecule has 1 aliphatic carbocycles. The summed E-state index contributed by atoms with van der Waals surface area (Å²) in [6, 6.07) is 9.57. The zero-order chi connectivity index (χ0) is 18.7. The van der Waals surface area contributed by atoms with Crippen LogP contribution in [0.3, 0.4) is 0 Å². The number of hydrogen-bond acceptors (Lipinski definition) is 6. The molecule has 1 N–H and O–H groups in total. The Morgan fingerprint density at radius 3 is 2.58 bits per heavy atom. The predicted octanol–water partition coefficient (Wildman–Crippen LogP) is 2.53. The van der Waals surface area contributed by atoms with Crippen molar-refractivity contribution in [3.05, 3.63) is 48.2 Å². The second kappa shape index (κ2) is 7.33. The molecule has 26 heavy (non-hydrogen) atoms. The van der Waals surface area contributed by atoms with Gasteiger partial charge in [-0.15, -0.1) is 0 Å². The fourth-order valence-corrected chi connectivity index (χ4v) is 3.85. The monoisotopic (exact) mass is 376 g/mol. The number of hydrogen-bond donors (Lipinski definition) is 1. The molecule has 1 aromatic carbocycles. The predicted molar refractivity (Wildman–Crippen MR) is 94.7 cm³/mol. The Morgan fingerprint density at radius 1 is 1.19 bits per heavy atom. The Kier molecular flexibility index (Phi) is 5.13. The molecular formula is C18H20N2O5S. The molecule has 1 aliphatic rings. The van der Waals surface area contributed by atoms with Gasteiger partial charge in [0, 0.05) is 5.56 Å². The summed E-state index contributed by atoms with van der Waals surface area (Å²) in [6.07, 6.45) is 2.63. The maximum Gasteiger partial charge on any atom is 0.284 e. The van der Waals surface area contributed by atoms with Crippen LogP contribution in [0.2, 0.25) is 0 Å². The van der Waals surface area contributed by atoms with Crippen LogP contribution in [-0.2, 0) is 9.84 Å². The first kappa shape index (κ1) is 18.2. The molecule has 0 bridgehead atoms. The molecule has 0 radical (unpaired) electrons. The van der Waals surface area contributed by atoms with Crippen LogP contribution >= 0.6 is 0 Å². The van der Waals surface area contributed by atoms with Crippen molar-refractivity contribution in [2.45, 2.75) is 43.1 Å². The first-order valence-electron chi connectivity index (χ1n) is 8.30. The second-order valence-electron chi connectivity index (χ2n) is 6.30. The topological polar surface area (TPSA) is 94.6 Å². The number of nitrogens with one attached hydrogen (secondary N) is 1. The lowest BCUT2D eigenvalue weighted by atomic mass is 10.2. The van der Waals surface area contributed by atoms with Crippen molar-refractivity contribution in [1.29, 1.82) is 0 Å². The van der Waals surface area contributed by atoms with E-state index in [1.165, 1.54) is 18.3 Å². The largest absolute Gasteiger partial charge is 0.491 e. The van der Waals surface area contributed by atoms with Crippen LogP contribution in [0.15, 0.2) is 47.6 Å². The first-order chi connectivity index (χ1) is 12.4. The number of benzene rings is 1. The van der Waals surface area contributed by atoms with Gasteiger partial charge in [-0.3, -0.25) is 4.79 Å². The molecule has 3 rings (SSSR count). The van der Waals surface area contributed by atoms with E-state index in [1.807, 2.05) is 13.8 Å². The summed E-state index contributed by atoms with van der Waals surface area (Å²) < 4.78 is 29.7. The number of hydroxylamine groups is 1. The van der Waals surface area contributed by atoms with E-state index in [1.54, 1.807) is 24.3 Å². The lowest BCUT2D eigenvalue weighted by Gasteiger charge is -2.11. The molecule has 1 amide bonds. The molecule has 0 unspecified atom stereocenters. The number of nitrogens with zero attached hydrogens (tertiary/aromatic N) is 1. The third-order valence-electron chi connectivity index (χ3n) is 3.69. The Balaban J connectivity index is 1.61. The summed E-state index contributed by atoms with van der Waals surface area (Å²) in [4.78, 5) is 21.3.